The van der Waals surface area contributed by atoms with Gasteiger partial charge in [-0.1, -0.05) is 176 Å². The van der Waals surface area contributed by atoms with Crippen LogP contribution in [0.3, 0.4) is 0 Å². The third-order valence-electron chi connectivity index (χ3n) is 12.5. The van der Waals surface area contributed by atoms with Crippen LogP contribution in [0.15, 0.2) is 206 Å². The number of hydrogen-bond donors (Lipinski definition) is 0. The van der Waals surface area contributed by atoms with E-state index in [2.05, 4.69) is 127 Å². The molecule has 0 saturated carbocycles. The van der Waals surface area contributed by atoms with Gasteiger partial charge in [0, 0.05) is 33.4 Å². The number of nitrogens with zero attached hydrogens (tertiary/aromatic N) is 4. The van der Waals surface area contributed by atoms with Crippen molar-refractivity contribution in [3.63, 3.8) is 0 Å². The maximum absolute atomic E-state index is 9.47. The largest absolute Gasteiger partial charge is 0.456 e. The third-order valence-corrected chi connectivity index (χ3v) is 12.5. The number of rotatable bonds is 5. The lowest BCUT2D eigenvalue weighted by Gasteiger charge is -2.40. The van der Waals surface area contributed by atoms with Crippen LogP contribution in [0, 0.1) is 11.3 Å². The van der Waals surface area contributed by atoms with E-state index < -0.39 is 5.41 Å². The minimum absolute atomic E-state index is 0.587. The van der Waals surface area contributed by atoms with Crippen LogP contribution in [0.1, 0.15) is 27.8 Å². The van der Waals surface area contributed by atoms with Gasteiger partial charge in [-0.3, -0.25) is 0 Å². The number of nitriles is 1. The fraction of sp³-hybridized carbons (Fsp3) is 0.0175. The van der Waals surface area contributed by atoms with Crippen molar-refractivity contribution in [1.82, 2.24) is 15.0 Å². The van der Waals surface area contributed by atoms with Gasteiger partial charge in [0.1, 0.15) is 11.5 Å². The molecule has 2 heterocycles. The number of aromatic nitrogens is 3. The Bertz CT molecular complexity index is 3340. The van der Waals surface area contributed by atoms with Crippen molar-refractivity contribution in [3.8, 4) is 85.1 Å². The fourth-order valence-corrected chi connectivity index (χ4v) is 9.72. The van der Waals surface area contributed by atoms with E-state index in [4.69, 9.17) is 19.7 Å². The molecule has 5 heteroatoms. The molecule has 0 amide bonds. The Hall–Kier alpha value is -8.46. The molecular formula is C57H34N4O. The zero-order chi connectivity index (χ0) is 41.2. The zero-order valence-corrected chi connectivity index (χ0v) is 33.3. The smallest absolute Gasteiger partial charge is 0.164 e. The zero-order valence-electron chi connectivity index (χ0n) is 33.3. The second-order valence-corrected chi connectivity index (χ2v) is 15.8. The molecule has 2 aliphatic rings. The molecule has 1 spiro atoms. The monoisotopic (exact) mass is 790 g/mol. The Kier molecular flexibility index (Phi) is 8.06. The molecule has 5 nitrogen and oxygen atoms in total. The van der Waals surface area contributed by atoms with Gasteiger partial charge in [0.2, 0.25) is 0 Å². The topological polar surface area (TPSA) is 71.7 Å². The standard InChI is InChI=1S/C57H34N4O/c58-35-36-26-28-37(29-27-36)41-31-32-44(43-19-8-7-18-42(41)43)47-22-13-25-50-53(47)62-52-33-30-40(34-51(52)57(50)48-23-11-9-20-45(48)46-21-10-12-24-49(46)57)56-60-54(38-14-3-1-4-15-38)59-55(61-56)39-16-5-2-6-17-39/h1-34H. The minimum Gasteiger partial charge on any atom is -0.456 e. The van der Waals surface area contributed by atoms with Gasteiger partial charge >= 0.3 is 0 Å². The molecule has 12 rings (SSSR count). The Labute approximate surface area is 358 Å². The number of ether oxygens (including phenoxy) is 1. The van der Waals surface area contributed by atoms with Gasteiger partial charge in [-0.05, 0) is 80.0 Å². The van der Waals surface area contributed by atoms with Crippen molar-refractivity contribution >= 4 is 10.8 Å². The first-order valence-electron chi connectivity index (χ1n) is 20.7. The number of benzene rings is 9. The molecule has 0 bridgehead atoms. The number of hydrogen-bond acceptors (Lipinski definition) is 5. The summed E-state index contributed by atoms with van der Waals surface area (Å²) in [6.45, 7) is 0. The van der Waals surface area contributed by atoms with Gasteiger partial charge in [0.25, 0.3) is 0 Å². The number of para-hydroxylation sites is 1. The quantitative estimate of drug-likeness (QED) is 0.174. The van der Waals surface area contributed by atoms with Gasteiger partial charge in [-0.15, -0.1) is 0 Å². The summed E-state index contributed by atoms with van der Waals surface area (Å²) in [7, 11) is 0. The van der Waals surface area contributed by atoms with Crippen molar-refractivity contribution < 1.29 is 4.74 Å². The lowest BCUT2D eigenvalue weighted by Crippen LogP contribution is -2.32. The molecule has 0 N–H and O–H groups in total. The summed E-state index contributed by atoms with van der Waals surface area (Å²) < 4.78 is 7.26. The fourth-order valence-electron chi connectivity index (χ4n) is 9.72. The van der Waals surface area contributed by atoms with E-state index in [1.54, 1.807) is 0 Å². The summed E-state index contributed by atoms with van der Waals surface area (Å²) >= 11 is 0. The normalized spacial score (nSPS) is 12.8. The first-order valence-corrected chi connectivity index (χ1v) is 20.7. The van der Waals surface area contributed by atoms with Crippen molar-refractivity contribution in [3.05, 3.63) is 234 Å². The number of fused-ring (bicyclic) bond motifs is 10. The summed E-state index contributed by atoms with van der Waals surface area (Å²) in [6, 6.07) is 73.8. The third kappa shape index (κ3) is 5.37. The van der Waals surface area contributed by atoms with Crippen LogP contribution in [0.4, 0.5) is 0 Å². The van der Waals surface area contributed by atoms with Crippen molar-refractivity contribution in [1.29, 1.82) is 5.26 Å². The summed E-state index contributed by atoms with van der Waals surface area (Å²) in [5.41, 5.74) is 13.8. The molecule has 0 unspecified atom stereocenters. The molecule has 0 fully saturated rings. The average Bonchev–Trinajstić information content (AvgIpc) is 3.64. The lowest BCUT2D eigenvalue weighted by molar-refractivity contribution is 0.438. The van der Waals surface area contributed by atoms with Crippen LogP contribution >= 0.6 is 0 Å². The summed E-state index contributed by atoms with van der Waals surface area (Å²) in [5.74, 6) is 3.42. The Balaban J connectivity index is 1.10. The second-order valence-electron chi connectivity index (χ2n) is 15.8. The Morgan fingerprint density at radius 1 is 0.371 bits per heavy atom. The Morgan fingerprint density at radius 2 is 0.871 bits per heavy atom. The molecule has 62 heavy (non-hydrogen) atoms. The van der Waals surface area contributed by atoms with Crippen LogP contribution in [0.2, 0.25) is 0 Å². The molecule has 1 aromatic heterocycles. The average molecular weight is 791 g/mol. The molecule has 288 valence electrons. The van der Waals surface area contributed by atoms with Crippen molar-refractivity contribution in [2.75, 3.05) is 0 Å². The van der Waals surface area contributed by atoms with Crippen LogP contribution in [0.5, 0.6) is 11.5 Å². The highest BCUT2D eigenvalue weighted by Crippen LogP contribution is 2.63. The molecule has 0 atom stereocenters. The van der Waals surface area contributed by atoms with Gasteiger partial charge < -0.3 is 4.74 Å². The van der Waals surface area contributed by atoms with Gasteiger partial charge in [-0.2, -0.15) is 5.26 Å². The predicted octanol–water partition coefficient (Wildman–Crippen LogP) is 13.7. The highest BCUT2D eigenvalue weighted by molar-refractivity contribution is 6.06. The second kappa shape index (κ2) is 14.1. The van der Waals surface area contributed by atoms with E-state index in [1.807, 2.05) is 84.9 Å². The van der Waals surface area contributed by atoms with E-state index in [0.717, 1.165) is 72.3 Å². The van der Waals surface area contributed by atoms with E-state index >= 15 is 0 Å². The maximum Gasteiger partial charge on any atom is 0.164 e. The Morgan fingerprint density at radius 3 is 1.50 bits per heavy atom. The van der Waals surface area contributed by atoms with Crippen LogP contribution in [-0.4, -0.2) is 15.0 Å². The summed E-state index contributed by atoms with van der Waals surface area (Å²) in [4.78, 5) is 15.3. The first kappa shape index (κ1) is 35.5. The molecule has 9 aromatic carbocycles. The molecule has 0 saturated heterocycles. The van der Waals surface area contributed by atoms with Gasteiger partial charge in [-0.25, -0.2) is 15.0 Å². The van der Waals surface area contributed by atoms with Crippen LogP contribution in [-0.2, 0) is 5.41 Å². The molecule has 1 aliphatic heterocycles. The predicted molar refractivity (Wildman–Crippen MR) is 247 cm³/mol. The van der Waals surface area contributed by atoms with Gasteiger partial charge in [0.05, 0.1) is 17.0 Å². The van der Waals surface area contributed by atoms with Gasteiger partial charge in [0.15, 0.2) is 17.5 Å². The van der Waals surface area contributed by atoms with E-state index in [9.17, 15) is 5.26 Å². The molecule has 0 radical (unpaired) electrons. The minimum atomic E-state index is -0.724. The lowest BCUT2D eigenvalue weighted by atomic mass is 9.65. The van der Waals surface area contributed by atoms with Crippen molar-refractivity contribution in [2.45, 2.75) is 5.41 Å². The molecule has 1 aliphatic carbocycles. The highest BCUT2D eigenvalue weighted by Gasteiger charge is 2.51. The molecular weight excluding hydrogens is 757 g/mol. The highest BCUT2D eigenvalue weighted by atomic mass is 16.5. The van der Waals surface area contributed by atoms with Crippen LogP contribution < -0.4 is 4.74 Å². The molecule has 10 aromatic rings. The summed E-state index contributed by atoms with van der Waals surface area (Å²) in [6.07, 6.45) is 0. The van der Waals surface area contributed by atoms with E-state index in [1.165, 1.54) is 22.3 Å². The SMILES string of the molecule is N#Cc1ccc(-c2ccc(-c3cccc4c3Oc3ccc(-c5nc(-c6ccccc6)nc(-c6ccccc6)n5)cc3C43c4ccccc4-c4ccccc43)c3ccccc23)cc1. The van der Waals surface area contributed by atoms with Crippen LogP contribution in [0.25, 0.3) is 78.3 Å². The van der Waals surface area contributed by atoms with Crippen molar-refractivity contribution in [2.24, 2.45) is 0 Å². The van der Waals surface area contributed by atoms with E-state index in [-0.39, 0.29) is 0 Å². The first-order chi connectivity index (χ1) is 30.7. The maximum atomic E-state index is 9.47. The van der Waals surface area contributed by atoms with E-state index in [0.29, 0.717) is 23.0 Å². The summed E-state index contributed by atoms with van der Waals surface area (Å²) in [5, 5.41) is 11.7.